The molecule has 2 rings (SSSR count). The second-order valence-corrected chi connectivity index (χ2v) is 23.0. The van der Waals surface area contributed by atoms with Crippen LogP contribution in [-0.2, 0) is 0 Å². The third-order valence-corrected chi connectivity index (χ3v) is 18.6. The normalized spacial score (nSPS) is 20.8. The molecule has 2 atom stereocenters. The molecule has 0 aromatic carbocycles. The number of rotatable bonds is 10. The van der Waals surface area contributed by atoms with Crippen molar-refractivity contribution in [2.24, 2.45) is 0 Å². The zero-order valence-electron chi connectivity index (χ0n) is 19.8. The SMILES string of the molecule is CCC[CH2][Sn]([CH3])(/[CH]=C/CN1CCCCC1)[CH2]CC.I/C=C/CN1CCCCC1.P. The van der Waals surface area contributed by atoms with Crippen molar-refractivity contribution in [3.8, 4) is 0 Å². The minimum Gasteiger partial charge on any atom is -0.300 e. The number of nitrogens with zero attached hydrogens (tertiary/aromatic N) is 2. The molecule has 2 saturated heterocycles. The topological polar surface area (TPSA) is 6.48 Å². The average molecular weight is 643 g/mol. The molecular weight excluding hydrogens is 593 g/mol. The molecule has 0 aromatic rings. The van der Waals surface area contributed by atoms with Crippen molar-refractivity contribution in [1.29, 1.82) is 0 Å². The predicted octanol–water partition coefficient (Wildman–Crippen LogP) is 7.34. The molecule has 0 aromatic heterocycles. The minimum absolute atomic E-state index is 0. The monoisotopic (exact) mass is 644 g/mol. The standard InChI is InChI=1S/C8H14IN.C8H14N.C4H9.C3H7.CH3.H3P.Sn/c9-5-4-8-10-6-2-1-3-7-10;1-2-6-9-7-4-3-5-8-9;1-3-4-2;1-3-2;;;/h4-5H,1-3,6-8H2;1-2H,3-8H2;1,3-4H2,2H3;1,3H2,2H3;2*1H3;/b5-4+;;;;;;. The zero-order valence-corrected chi connectivity index (χ0v) is 26.2. The smallest absolute Gasteiger partial charge is 0.0170 e. The fourth-order valence-corrected chi connectivity index (χ4v) is 14.8. The van der Waals surface area contributed by atoms with E-state index in [0.29, 0.717) is 0 Å². The number of piperidine rings is 2. The quantitative estimate of drug-likeness (QED) is 0.140. The van der Waals surface area contributed by atoms with Gasteiger partial charge < -0.3 is 0 Å². The third kappa shape index (κ3) is 15.7. The van der Waals surface area contributed by atoms with Gasteiger partial charge in [0.15, 0.2) is 0 Å². The number of hydrogen-bond donors (Lipinski definition) is 0. The van der Waals surface area contributed by atoms with E-state index in [9.17, 15) is 0 Å². The molecule has 5 heteroatoms. The maximum atomic E-state index is 2.72. The van der Waals surface area contributed by atoms with Gasteiger partial charge in [-0.15, -0.1) is 0 Å². The van der Waals surface area contributed by atoms with Crippen molar-refractivity contribution < 1.29 is 0 Å². The second kappa shape index (κ2) is 20.0. The first-order valence-electron chi connectivity index (χ1n) is 12.0. The first-order chi connectivity index (χ1) is 13.6. The molecule has 2 nitrogen and oxygen atoms in total. The van der Waals surface area contributed by atoms with Gasteiger partial charge in [-0.05, 0) is 30.0 Å². The van der Waals surface area contributed by atoms with Crippen molar-refractivity contribution in [1.82, 2.24) is 9.80 Å². The summed E-state index contributed by atoms with van der Waals surface area (Å²) in [6.45, 7) is 12.3. The van der Waals surface area contributed by atoms with E-state index >= 15 is 0 Å². The van der Waals surface area contributed by atoms with Crippen molar-refractivity contribution >= 4 is 50.9 Å². The van der Waals surface area contributed by atoms with E-state index in [0.717, 1.165) is 6.54 Å². The van der Waals surface area contributed by atoms with E-state index in [1.807, 2.05) is 0 Å². The van der Waals surface area contributed by atoms with Gasteiger partial charge in [-0.2, -0.15) is 9.90 Å². The van der Waals surface area contributed by atoms with Crippen LogP contribution in [0.25, 0.3) is 0 Å². The van der Waals surface area contributed by atoms with Gasteiger partial charge in [-0.1, -0.05) is 35.1 Å². The summed E-state index contributed by atoms with van der Waals surface area (Å²) in [6.07, 6.45) is 17.5. The Morgan fingerprint density at radius 3 is 1.72 bits per heavy atom. The van der Waals surface area contributed by atoms with Crippen molar-refractivity contribution in [2.75, 3.05) is 39.3 Å². The van der Waals surface area contributed by atoms with Crippen molar-refractivity contribution in [3.63, 3.8) is 0 Å². The van der Waals surface area contributed by atoms with E-state index in [1.165, 1.54) is 90.5 Å². The van der Waals surface area contributed by atoms with Crippen LogP contribution in [0.1, 0.15) is 71.6 Å². The Labute approximate surface area is 204 Å². The van der Waals surface area contributed by atoms with E-state index in [-0.39, 0.29) is 9.90 Å². The zero-order chi connectivity index (χ0) is 20.5. The molecule has 2 fully saturated rings. The molecule has 2 unspecified atom stereocenters. The van der Waals surface area contributed by atoms with Gasteiger partial charge in [0.2, 0.25) is 0 Å². The average Bonchev–Trinajstić information content (AvgIpc) is 2.73. The molecule has 2 aliphatic rings. The van der Waals surface area contributed by atoms with Crippen LogP contribution in [0.3, 0.4) is 0 Å². The summed E-state index contributed by atoms with van der Waals surface area (Å²) in [5.41, 5.74) is 0. The molecule has 0 N–H and O–H groups in total. The summed E-state index contributed by atoms with van der Waals surface area (Å²) in [6, 6.07) is 0. The summed E-state index contributed by atoms with van der Waals surface area (Å²) in [5, 5.41) is 0. The van der Waals surface area contributed by atoms with E-state index < -0.39 is 18.4 Å². The Hall–Kier alpha value is 1.36. The Morgan fingerprint density at radius 2 is 1.28 bits per heavy atom. The van der Waals surface area contributed by atoms with E-state index in [1.54, 1.807) is 8.87 Å². The molecule has 0 aliphatic carbocycles. The molecule has 172 valence electrons. The van der Waals surface area contributed by atoms with Crippen LogP contribution in [0, 0.1) is 0 Å². The maximum Gasteiger partial charge on any atom is 0.0170 e. The summed E-state index contributed by atoms with van der Waals surface area (Å²) in [7, 11) is 0. The molecule has 0 bridgehead atoms. The second-order valence-electron chi connectivity index (χ2n) is 8.99. The molecule has 2 heterocycles. The predicted molar refractivity (Wildman–Crippen MR) is 150 cm³/mol. The van der Waals surface area contributed by atoms with Crippen LogP contribution in [0.4, 0.5) is 0 Å². The fraction of sp³-hybridized carbons (Fsp3) is 0.833. The van der Waals surface area contributed by atoms with Crippen LogP contribution >= 0.6 is 32.5 Å². The van der Waals surface area contributed by atoms with Gasteiger partial charge in [0.1, 0.15) is 0 Å². The first-order valence-corrected chi connectivity index (χ1v) is 21.8. The van der Waals surface area contributed by atoms with Crippen LogP contribution in [0.15, 0.2) is 20.3 Å². The number of likely N-dealkylation sites (tertiary alicyclic amines) is 2. The molecule has 0 amide bonds. The van der Waals surface area contributed by atoms with Gasteiger partial charge >= 0.3 is 119 Å². The Balaban J connectivity index is 0.000000606. The van der Waals surface area contributed by atoms with Gasteiger partial charge in [0, 0.05) is 6.54 Å². The summed E-state index contributed by atoms with van der Waals surface area (Å²) < 4.78 is 7.94. The molecule has 0 radical (unpaired) electrons. The number of hydrogen-bond acceptors (Lipinski definition) is 2. The molecule has 2 aliphatic heterocycles. The third-order valence-electron chi connectivity index (χ3n) is 6.16. The van der Waals surface area contributed by atoms with Gasteiger partial charge in [0.05, 0.1) is 0 Å². The molecule has 0 saturated carbocycles. The minimum atomic E-state index is -1.83. The van der Waals surface area contributed by atoms with Gasteiger partial charge in [-0.3, -0.25) is 4.90 Å². The Bertz CT molecular complexity index is 421. The van der Waals surface area contributed by atoms with E-state index in [2.05, 4.69) is 71.5 Å². The van der Waals surface area contributed by atoms with Crippen LogP contribution in [0.5, 0.6) is 0 Å². The van der Waals surface area contributed by atoms with E-state index in [4.69, 9.17) is 0 Å². The van der Waals surface area contributed by atoms with Crippen LogP contribution in [-0.4, -0.2) is 67.4 Å². The van der Waals surface area contributed by atoms with Crippen LogP contribution in [0.2, 0.25) is 13.8 Å². The molecular formula is C24H50IN2PSn. The number of unbranched alkanes of at least 4 members (excludes halogenated alkanes) is 1. The summed E-state index contributed by atoms with van der Waals surface area (Å²) in [5.74, 6) is 0. The number of halogens is 1. The summed E-state index contributed by atoms with van der Waals surface area (Å²) in [4.78, 5) is 7.80. The van der Waals surface area contributed by atoms with Crippen molar-refractivity contribution in [3.05, 3.63) is 20.3 Å². The fourth-order valence-electron chi connectivity index (χ4n) is 4.40. The largest absolute Gasteiger partial charge is 0.300 e. The van der Waals surface area contributed by atoms with Crippen LogP contribution < -0.4 is 0 Å². The first kappa shape index (κ1) is 30.4. The van der Waals surface area contributed by atoms with Gasteiger partial charge in [-0.25, -0.2) is 0 Å². The summed E-state index contributed by atoms with van der Waals surface area (Å²) >= 11 is 0.443. The Kier molecular flexibility index (Phi) is 20.9. The van der Waals surface area contributed by atoms with Gasteiger partial charge in [0.25, 0.3) is 0 Å². The van der Waals surface area contributed by atoms with Crippen molar-refractivity contribution in [2.45, 2.75) is 85.4 Å². The molecule has 29 heavy (non-hydrogen) atoms. The Morgan fingerprint density at radius 1 is 0.759 bits per heavy atom. The maximum absolute atomic E-state index is 2.72. The molecule has 0 spiro atoms.